The summed E-state index contributed by atoms with van der Waals surface area (Å²) in [5.74, 6) is 0.773. The van der Waals surface area contributed by atoms with Crippen molar-refractivity contribution in [3.8, 4) is 0 Å². The van der Waals surface area contributed by atoms with Crippen LogP contribution in [0.25, 0.3) is 10.9 Å². The number of nitrogens with zero attached hydrogens (tertiary/aromatic N) is 2. The van der Waals surface area contributed by atoms with Crippen molar-refractivity contribution in [2.75, 3.05) is 26.8 Å². The van der Waals surface area contributed by atoms with Gasteiger partial charge < -0.3 is 9.64 Å². The number of nitrogens with one attached hydrogen (secondary N) is 1. The molecule has 3 rings (SSSR count). The maximum absolute atomic E-state index is 12.3. The SMILES string of the molecule is CN(CCOCC1CC1)C(=O)c1ccc2cn[nH]c2c1. The van der Waals surface area contributed by atoms with Crippen molar-refractivity contribution >= 4 is 16.8 Å². The zero-order valence-electron chi connectivity index (χ0n) is 11.6. The fourth-order valence-electron chi connectivity index (χ4n) is 2.13. The molecule has 1 aromatic carbocycles. The number of ether oxygens (including phenoxy) is 1. The normalized spacial score (nSPS) is 14.7. The highest BCUT2D eigenvalue weighted by Gasteiger charge is 2.21. The van der Waals surface area contributed by atoms with Crippen molar-refractivity contribution in [2.24, 2.45) is 5.92 Å². The van der Waals surface area contributed by atoms with E-state index in [-0.39, 0.29) is 5.91 Å². The highest BCUT2D eigenvalue weighted by molar-refractivity contribution is 5.97. The van der Waals surface area contributed by atoms with Crippen LogP contribution in [0.1, 0.15) is 23.2 Å². The minimum absolute atomic E-state index is 0.0107. The molecule has 20 heavy (non-hydrogen) atoms. The molecule has 1 aliphatic rings. The van der Waals surface area contributed by atoms with E-state index >= 15 is 0 Å². The maximum atomic E-state index is 12.3. The number of amides is 1. The third-order valence-corrected chi connectivity index (χ3v) is 3.66. The van der Waals surface area contributed by atoms with Crippen LogP contribution in [0.5, 0.6) is 0 Å². The fourth-order valence-corrected chi connectivity index (χ4v) is 2.13. The first-order chi connectivity index (χ1) is 9.74. The van der Waals surface area contributed by atoms with Crippen molar-refractivity contribution in [3.05, 3.63) is 30.0 Å². The number of benzene rings is 1. The van der Waals surface area contributed by atoms with Crippen LogP contribution in [-0.4, -0.2) is 47.8 Å². The van der Waals surface area contributed by atoms with E-state index < -0.39 is 0 Å². The minimum Gasteiger partial charge on any atom is -0.379 e. The molecule has 0 radical (unpaired) electrons. The van der Waals surface area contributed by atoms with Gasteiger partial charge in [0, 0.05) is 31.1 Å². The maximum Gasteiger partial charge on any atom is 0.253 e. The second-order valence-corrected chi connectivity index (χ2v) is 5.42. The minimum atomic E-state index is 0.0107. The Bertz CT molecular complexity index is 604. The summed E-state index contributed by atoms with van der Waals surface area (Å²) in [6.45, 7) is 2.06. The average molecular weight is 273 g/mol. The van der Waals surface area contributed by atoms with Gasteiger partial charge in [-0.05, 0) is 30.9 Å². The molecular formula is C15H19N3O2. The molecule has 2 aromatic rings. The first-order valence-electron chi connectivity index (χ1n) is 7.00. The lowest BCUT2D eigenvalue weighted by Gasteiger charge is -2.17. The van der Waals surface area contributed by atoms with Gasteiger partial charge in [0.2, 0.25) is 0 Å². The summed E-state index contributed by atoms with van der Waals surface area (Å²) < 4.78 is 5.56. The summed E-state index contributed by atoms with van der Waals surface area (Å²) in [4.78, 5) is 14.0. The van der Waals surface area contributed by atoms with Gasteiger partial charge in [0.15, 0.2) is 0 Å². The summed E-state index contributed by atoms with van der Waals surface area (Å²) in [6, 6.07) is 5.58. The second-order valence-electron chi connectivity index (χ2n) is 5.42. The van der Waals surface area contributed by atoms with E-state index in [2.05, 4.69) is 10.2 Å². The van der Waals surface area contributed by atoms with Gasteiger partial charge in [-0.3, -0.25) is 9.89 Å². The summed E-state index contributed by atoms with van der Waals surface area (Å²) in [5.41, 5.74) is 1.56. The van der Waals surface area contributed by atoms with Crippen LogP contribution >= 0.6 is 0 Å². The Kier molecular flexibility index (Phi) is 3.69. The summed E-state index contributed by atoms with van der Waals surface area (Å²) in [6.07, 6.45) is 4.33. The molecule has 5 heteroatoms. The molecule has 1 saturated carbocycles. The number of aromatic nitrogens is 2. The van der Waals surface area contributed by atoms with Crippen LogP contribution in [0.3, 0.4) is 0 Å². The zero-order valence-corrected chi connectivity index (χ0v) is 11.6. The molecule has 106 valence electrons. The van der Waals surface area contributed by atoms with E-state index in [0.29, 0.717) is 18.7 Å². The number of H-pyrrole nitrogens is 1. The quantitative estimate of drug-likeness (QED) is 0.820. The number of fused-ring (bicyclic) bond motifs is 1. The van der Waals surface area contributed by atoms with E-state index in [4.69, 9.17) is 4.74 Å². The number of hydrogen-bond acceptors (Lipinski definition) is 3. The molecule has 0 saturated heterocycles. The predicted octanol–water partition coefficient (Wildman–Crippen LogP) is 2.06. The predicted molar refractivity (Wildman–Crippen MR) is 76.6 cm³/mol. The van der Waals surface area contributed by atoms with Gasteiger partial charge >= 0.3 is 0 Å². The average Bonchev–Trinajstić information content (AvgIpc) is 3.17. The number of carbonyl (C=O) groups excluding carboxylic acids is 1. The molecule has 0 spiro atoms. The van der Waals surface area contributed by atoms with Crippen LogP contribution in [0.2, 0.25) is 0 Å². The lowest BCUT2D eigenvalue weighted by atomic mass is 10.1. The van der Waals surface area contributed by atoms with Crippen LogP contribution in [0, 0.1) is 5.92 Å². The molecule has 0 unspecified atom stereocenters. The highest BCUT2D eigenvalue weighted by atomic mass is 16.5. The molecule has 5 nitrogen and oxygen atoms in total. The summed E-state index contributed by atoms with van der Waals surface area (Å²) in [5, 5.41) is 7.85. The zero-order chi connectivity index (χ0) is 13.9. The first-order valence-corrected chi connectivity index (χ1v) is 7.00. The molecular weight excluding hydrogens is 254 g/mol. The summed E-state index contributed by atoms with van der Waals surface area (Å²) in [7, 11) is 1.81. The Balaban J connectivity index is 1.55. The molecule has 1 N–H and O–H groups in total. The number of likely N-dealkylation sites (N-methyl/N-ethyl adjacent to an activating group) is 1. The van der Waals surface area contributed by atoms with E-state index in [1.807, 2.05) is 18.2 Å². The van der Waals surface area contributed by atoms with Crippen molar-refractivity contribution in [1.29, 1.82) is 0 Å². The van der Waals surface area contributed by atoms with E-state index in [0.717, 1.165) is 23.4 Å². The Morgan fingerprint density at radius 1 is 1.50 bits per heavy atom. The van der Waals surface area contributed by atoms with Gasteiger partial charge in [-0.1, -0.05) is 6.07 Å². The molecule has 1 fully saturated rings. The number of aromatic amines is 1. The summed E-state index contributed by atoms with van der Waals surface area (Å²) >= 11 is 0. The topological polar surface area (TPSA) is 58.2 Å². The molecule has 0 atom stereocenters. The largest absolute Gasteiger partial charge is 0.379 e. The lowest BCUT2D eigenvalue weighted by Crippen LogP contribution is -2.30. The van der Waals surface area contributed by atoms with Gasteiger partial charge in [-0.15, -0.1) is 0 Å². The fraction of sp³-hybridized carbons (Fsp3) is 0.467. The molecule has 1 amide bonds. The number of rotatable bonds is 6. The van der Waals surface area contributed by atoms with E-state index in [1.54, 1.807) is 18.1 Å². The Labute approximate surface area is 117 Å². The highest BCUT2D eigenvalue weighted by Crippen LogP contribution is 2.28. The standard InChI is InChI=1S/C15H19N3O2/c1-18(6-7-20-10-11-2-3-11)15(19)12-4-5-13-9-16-17-14(13)8-12/h4-5,8-9,11H,2-3,6-7,10H2,1H3,(H,16,17). The van der Waals surface area contributed by atoms with Crippen molar-refractivity contribution in [2.45, 2.75) is 12.8 Å². The second kappa shape index (κ2) is 5.63. The Morgan fingerprint density at radius 3 is 3.15 bits per heavy atom. The smallest absolute Gasteiger partial charge is 0.253 e. The molecule has 1 heterocycles. The Morgan fingerprint density at radius 2 is 2.35 bits per heavy atom. The van der Waals surface area contributed by atoms with Gasteiger partial charge in [0.1, 0.15) is 0 Å². The van der Waals surface area contributed by atoms with E-state index in [9.17, 15) is 4.79 Å². The van der Waals surface area contributed by atoms with Crippen LogP contribution in [0.15, 0.2) is 24.4 Å². The Hall–Kier alpha value is -1.88. The number of carbonyl (C=O) groups is 1. The number of hydrogen-bond donors (Lipinski definition) is 1. The van der Waals surface area contributed by atoms with Gasteiger partial charge in [-0.2, -0.15) is 5.10 Å². The van der Waals surface area contributed by atoms with Crippen LogP contribution in [0.4, 0.5) is 0 Å². The molecule has 0 aliphatic heterocycles. The molecule has 1 aliphatic carbocycles. The third kappa shape index (κ3) is 2.99. The lowest BCUT2D eigenvalue weighted by molar-refractivity contribution is 0.0681. The van der Waals surface area contributed by atoms with Crippen LogP contribution < -0.4 is 0 Å². The van der Waals surface area contributed by atoms with Crippen molar-refractivity contribution < 1.29 is 9.53 Å². The van der Waals surface area contributed by atoms with Gasteiger partial charge in [0.05, 0.1) is 18.3 Å². The first kappa shape index (κ1) is 13.1. The van der Waals surface area contributed by atoms with Crippen molar-refractivity contribution in [1.82, 2.24) is 15.1 Å². The van der Waals surface area contributed by atoms with Gasteiger partial charge in [0.25, 0.3) is 5.91 Å². The third-order valence-electron chi connectivity index (χ3n) is 3.66. The monoisotopic (exact) mass is 273 g/mol. The van der Waals surface area contributed by atoms with E-state index in [1.165, 1.54) is 12.8 Å². The van der Waals surface area contributed by atoms with Crippen molar-refractivity contribution in [3.63, 3.8) is 0 Å². The van der Waals surface area contributed by atoms with Crippen LogP contribution in [-0.2, 0) is 4.74 Å². The molecule has 0 bridgehead atoms. The molecule has 1 aromatic heterocycles. The van der Waals surface area contributed by atoms with Gasteiger partial charge in [-0.25, -0.2) is 0 Å².